The maximum Gasteiger partial charge on any atom is 0.315 e. The molecule has 1 aromatic rings. The highest BCUT2D eigenvalue weighted by atomic mass is 16.5. The van der Waals surface area contributed by atoms with E-state index in [0.717, 1.165) is 18.6 Å². The van der Waals surface area contributed by atoms with Crippen molar-refractivity contribution in [3.05, 3.63) is 24.3 Å². The summed E-state index contributed by atoms with van der Waals surface area (Å²) in [6, 6.07) is 6.96. The van der Waals surface area contributed by atoms with Gasteiger partial charge in [-0.15, -0.1) is 0 Å². The van der Waals surface area contributed by atoms with Crippen LogP contribution in [0.1, 0.15) is 12.8 Å². The third-order valence-corrected chi connectivity index (χ3v) is 2.70. The standard InChI is InChI=1S/C13H17N3O3/c1-19-11-6-4-9(5-7-11)15-12(17)8-14-13(18)16-10-2-3-10/h4-7,10H,2-3,8H2,1H3,(H,15,17)(H2,14,16,18). The van der Waals surface area contributed by atoms with Crippen LogP contribution in [0.15, 0.2) is 24.3 Å². The van der Waals surface area contributed by atoms with Gasteiger partial charge in [0.2, 0.25) is 5.91 Å². The fourth-order valence-corrected chi connectivity index (χ4v) is 1.50. The van der Waals surface area contributed by atoms with E-state index in [1.54, 1.807) is 31.4 Å². The summed E-state index contributed by atoms with van der Waals surface area (Å²) >= 11 is 0. The Balaban J connectivity index is 1.71. The van der Waals surface area contributed by atoms with Crippen LogP contribution in [0.25, 0.3) is 0 Å². The fourth-order valence-electron chi connectivity index (χ4n) is 1.50. The second kappa shape index (κ2) is 6.08. The summed E-state index contributed by atoms with van der Waals surface area (Å²) in [4.78, 5) is 22.9. The molecule has 0 bridgehead atoms. The van der Waals surface area contributed by atoms with Gasteiger partial charge in [-0.25, -0.2) is 4.79 Å². The van der Waals surface area contributed by atoms with Crippen molar-refractivity contribution < 1.29 is 14.3 Å². The van der Waals surface area contributed by atoms with Gasteiger partial charge in [0.25, 0.3) is 0 Å². The number of hydrogen-bond acceptors (Lipinski definition) is 3. The Bertz CT molecular complexity index is 455. The average molecular weight is 263 g/mol. The minimum absolute atomic E-state index is 0.0510. The van der Waals surface area contributed by atoms with Crippen LogP contribution in [-0.4, -0.2) is 31.6 Å². The van der Waals surface area contributed by atoms with Crippen molar-refractivity contribution in [1.29, 1.82) is 0 Å². The predicted octanol–water partition coefficient (Wildman–Crippen LogP) is 1.10. The number of carbonyl (C=O) groups excluding carboxylic acids is 2. The summed E-state index contributed by atoms with van der Waals surface area (Å²) in [5.74, 6) is 0.455. The van der Waals surface area contributed by atoms with Crippen molar-refractivity contribution >= 4 is 17.6 Å². The van der Waals surface area contributed by atoms with Gasteiger partial charge < -0.3 is 20.7 Å². The molecule has 6 heteroatoms. The van der Waals surface area contributed by atoms with E-state index in [9.17, 15) is 9.59 Å². The number of methoxy groups -OCH3 is 1. The number of rotatable bonds is 5. The van der Waals surface area contributed by atoms with Crippen molar-refractivity contribution in [2.75, 3.05) is 19.0 Å². The fraction of sp³-hybridized carbons (Fsp3) is 0.385. The van der Waals surface area contributed by atoms with E-state index in [1.807, 2.05) is 0 Å². The summed E-state index contributed by atoms with van der Waals surface area (Å²) in [6.07, 6.45) is 2.04. The SMILES string of the molecule is COc1ccc(NC(=O)CNC(=O)NC2CC2)cc1. The second-order valence-electron chi connectivity index (χ2n) is 4.38. The zero-order valence-corrected chi connectivity index (χ0v) is 10.7. The molecular formula is C13H17N3O3. The molecule has 1 aliphatic rings. The average Bonchev–Trinajstić information content (AvgIpc) is 3.21. The molecule has 0 atom stereocenters. The van der Waals surface area contributed by atoms with Gasteiger partial charge in [-0.3, -0.25) is 4.79 Å². The van der Waals surface area contributed by atoms with Crippen molar-refractivity contribution in [2.45, 2.75) is 18.9 Å². The van der Waals surface area contributed by atoms with Crippen LogP contribution >= 0.6 is 0 Å². The van der Waals surface area contributed by atoms with Crippen molar-refractivity contribution in [3.8, 4) is 5.75 Å². The normalized spacial score (nSPS) is 13.5. The minimum Gasteiger partial charge on any atom is -0.497 e. The van der Waals surface area contributed by atoms with Crippen LogP contribution in [0.5, 0.6) is 5.75 Å². The first-order valence-corrected chi connectivity index (χ1v) is 6.15. The Kier molecular flexibility index (Phi) is 4.22. The molecule has 0 aromatic heterocycles. The first-order chi connectivity index (χ1) is 9.17. The molecule has 1 saturated carbocycles. The van der Waals surface area contributed by atoms with Gasteiger partial charge in [0.1, 0.15) is 5.75 Å². The molecular weight excluding hydrogens is 246 g/mol. The van der Waals surface area contributed by atoms with Crippen LogP contribution in [0.4, 0.5) is 10.5 Å². The van der Waals surface area contributed by atoms with Crippen molar-refractivity contribution in [2.24, 2.45) is 0 Å². The first kappa shape index (κ1) is 13.2. The third-order valence-electron chi connectivity index (χ3n) is 2.70. The quantitative estimate of drug-likeness (QED) is 0.744. The number of ether oxygens (including phenoxy) is 1. The van der Waals surface area contributed by atoms with E-state index in [4.69, 9.17) is 4.74 Å². The Labute approximate surface area is 111 Å². The van der Waals surface area contributed by atoms with Crippen LogP contribution in [-0.2, 0) is 4.79 Å². The number of anilines is 1. The lowest BCUT2D eigenvalue weighted by molar-refractivity contribution is -0.115. The monoisotopic (exact) mass is 263 g/mol. The van der Waals surface area contributed by atoms with Crippen LogP contribution in [0.2, 0.25) is 0 Å². The lowest BCUT2D eigenvalue weighted by atomic mass is 10.3. The van der Waals surface area contributed by atoms with Crippen molar-refractivity contribution in [3.63, 3.8) is 0 Å². The highest BCUT2D eigenvalue weighted by Gasteiger charge is 2.23. The lowest BCUT2D eigenvalue weighted by Crippen LogP contribution is -2.40. The smallest absolute Gasteiger partial charge is 0.315 e. The van der Waals surface area contributed by atoms with Crippen LogP contribution < -0.4 is 20.7 Å². The number of nitrogens with one attached hydrogen (secondary N) is 3. The van der Waals surface area contributed by atoms with Gasteiger partial charge >= 0.3 is 6.03 Å². The molecule has 1 fully saturated rings. The van der Waals surface area contributed by atoms with Crippen LogP contribution in [0.3, 0.4) is 0 Å². The zero-order chi connectivity index (χ0) is 13.7. The number of benzene rings is 1. The Hall–Kier alpha value is -2.24. The molecule has 2 rings (SSSR count). The van der Waals surface area contributed by atoms with E-state index in [2.05, 4.69) is 16.0 Å². The largest absolute Gasteiger partial charge is 0.497 e. The number of urea groups is 1. The zero-order valence-electron chi connectivity index (χ0n) is 10.7. The van der Waals surface area contributed by atoms with Gasteiger partial charge in [0, 0.05) is 11.7 Å². The summed E-state index contributed by atoms with van der Waals surface area (Å²) in [5, 5.41) is 7.93. The molecule has 1 aliphatic carbocycles. The van der Waals surface area contributed by atoms with Gasteiger partial charge in [0.05, 0.1) is 13.7 Å². The minimum atomic E-state index is -0.299. The highest BCUT2D eigenvalue weighted by Crippen LogP contribution is 2.18. The molecule has 0 saturated heterocycles. The molecule has 0 radical (unpaired) electrons. The predicted molar refractivity (Wildman–Crippen MR) is 71.2 cm³/mol. The Morgan fingerprint density at radius 3 is 2.53 bits per heavy atom. The van der Waals surface area contributed by atoms with E-state index >= 15 is 0 Å². The van der Waals surface area contributed by atoms with E-state index in [1.165, 1.54) is 0 Å². The first-order valence-electron chi connectivity index (χ1n) is 6.15. The molecule has 0 heterocycles. The van der Waals surface area contributed by atoms with Crippen molar-refractivity contribution in [1.82, 2.24) is 10.6 Å². The number of carbonyl (C=O) groups is 2. The third kappa shape index (κ3) is 4.50. The summed E-state index contributed by atoms with van der Waals surface area (Å²) in [7, 11) is 1.58. The molecule has 0 aliphatic heterocycles. The summed E-state index contributed by atoms with van der Waals surface area (Å²) < 4.78 is 5.02. The molecule has 1 aromatic carbocycles. The maximum atomic E-state index is 11.6. The second-order valence-corrected chi connectivity index (χ2v) is 4.38. The Morgan fingerprint density at radius 1 is 1.26 bits per heavy atom. The molecule has 3 N–H and O–H groups in total. The van der Waals surface area contributed by atoms with Gasteiger partial charge in [-0.1, -0.05) is 0 Å². The molecule has 19 heavy (non-hydrogen) atoms. The summed E-state index contributed by atoms with van der Waals surface area (Å²) in [5.41, 5.74) is 0.662. The van der Waals surface area contributed by atoms with E-state index < -0.39 is 0 Å². The highest BCUT2D eigenvalue weighted by molar-refractivity contribution is 5.94. The summed E-state index contributed by atoms with van der Waals surface area (Å²) in [6.45, 7) is -0.0510. The number of hydrogen-bond donors (Lipinski definition) is 3. The van der Waals surface area contributed by atoms with Crippen LogP contribution in [0, 0.1) is 0 Å². The number of amides is 3. The maximum absolute atomic E-state index is 11.6. The van der Waals surface area contributed by atoms with E-state index in [-0.39, 0.29) is 24.5 Å². The van der Waals surface area contributed by atoms with E-state index in [0.29, 0.717) is 5.69 Å². The van der Waals surface area contributed by atoms with Gasteiger partial charge in [0.15, 0.2) is 0 Å². The molecule has 0 spiro atoms. The van der Waals surface area contributed by atoms with Gasteiger partial charge in [-0.05, 0) is 37.1 Å². The molecule has 102 valence electrons. The molecule has 0 unspecified atom stereocenters. The topological polar surface area (TPSA) is 79.5 Å². The Morgan fingerprint density at radius 2 is 1.95 bits per heavy atom. The molecule has 6 nitrogen and oxygen atoms in total. The molecule has 3 amide bonds. The lowest BCUT2D eigenvalue weighted by Gasteiger charge is -2.08. The van der Waals surface area contributed by atoms with Gasteiger partial charge in [-0.2, -0.15) is 0 Å².